The van der Waals surface area contributed by atoms with Crippen LogP contribution in [0, 0.1) is 0 Å². The third-order valence-electron chi connectivity index (χ3n) is 3.28. The summed E-state index contributed by atoms with van der Waals surface area (Å²) in [5, 5.41) is 31.2. The lowest BCUT2D eigenvalue weighted by Crippen LogP contribution is -2.36. The standard InChI is InChI=1S/C11H12ClN5O5/c12-11-15-5-4(13-2-14-9(5)21)8(17-11)16-10-7(20)6(19)3(1-18)22-10/h2-3,6-7,10,18-20H,1H2,(H,13,14,21)(H,15,16,17)/t3-,6-,7-,10-/m1/s1. The average molecular weight is 330 g/mol. The van der Waals surface area contributed by atoms with E-state index in [4.69, 9.17) is 21.4 Å². The van der Waals surface area contributed by atoms with Crippen LogP contribution in [0.3, 0.4) is 0 Å². The molecule has 0 bridgehead atoms. The van der Waals surface area contributed by atoms with Crippen LogP contribution in [0.15, 0.2) is 11.1 Å². The summed E-state index contributed by atoms with van der Waals surface area (Å²) in [6, 6.07) is 0. The molecule has 4 atom stereocenters. The molecular formula is C11H12ClN5O5. The fourth-order valence-electron chi connectivity index (χ4n) is 2.19. The summed E-state index contributed by atoms with van der Waals surface area (Å²) < 4.78 is 5.28. The summed E-state index contributed by atoms with van der Waals surface area (Å²) in [5.41, 5.74) is -0.402. The van der Waals surface area contributed by atoms with Gasteiger partial charge < -0.3 is 30.4 Å². The van der Waals surface area contributed by atoms with E-state index in [1.54, 1.807) is 0 Å². The second kappa shape index (κ2) is 5.74. The molecule has 1 aliphatic rings. The molecular weight excluding hydrogens is 318 g/mol. The molecule has 2 aromatic heterocycles. The van der Waals surface area contributed by atoms with Crippen molar-refractivity contribution in [3.8, 4) is 0 Å². The first-order valence-electron chi connectivity index (χ1n) is 6.31. The number of fused-ring (bicyclic) bond motifs is 1. The average Bonchev–Trinajstić information content (AvgIpc) is 2.76. The Morgan fingerprint density at radius 2 is 2.09 bits per heavy atom. The number of ether oxygens (including phenoxy) is 1. The second-order valence-electron chi connectivity index (χ2n) is 4.67. The van der Waals surface area contributed by atoms with Crippen LogP contribution in [0.5, 0.6) is 0 Å². The highest BCUT2D eigenvalue weighted by Gasteiger charge is 2.42. The number of rotatable bonds is 3. The molecule has 0 radical (unpaired) electrons. The molecule has 3 rings (SSSR count). The van der Waals surface area contributed by atoms with Gasteiger partial charge in [0.15, 0.2) is 17.6 Å². The van der Waals surface area contributed by atoms with Gasteiger partial charge in [0, 0.05) is 0 Å². The van der Waals surface area contributed by atoms with Crippen LogP contribution in [0.2, 0.25) is 5.28 Å². The molecule has 3 heterocycles. The van der Waals surface area contributed by atoms with Gasteiger partial charge in [-0.15, -0.1) is 0 Å². The monoisotopic (exact) mass is 329 g/mol. The lowest BCUT2D eigenvalue weighted by atomic mass is 10.1. The molecule has 0 amide bonds. The first-order chi connectivity index (χ1) is 10.5. The third-order valence-corrected chi connectivity index (χ3v) is 3.45. The summed E-state index contributed by atoms with van der Waals surface area (Å²) in [5.74, 6) is 0.0657. The fraction of sp³-hybridized carbons (Fsp3) is 0.455. The zero-order valence-electron chi connectivity index (χ0n) is 11.0. The van der Waals surface area contributed by atoms with Gasteiger partial charge in [0.25, 0.3) is 5.56 Å². The van der Waals surface area contributed by atoms with E-state index in [0.29, 0.717) is 0 Å². The summed E-state index contributed by atoms with van der Waals surface area (Å²) in [7, 11) is 0. The molecule has 0 aliphatic carbocycles. The van der Waals surface area contributed by atoms with Gasteiger partial charge in [-0.1, -0.05) is 0 Å². The minimum absolute atomic E-state index is 0.0308. The number of nitrogens with one attached hydrogen (secondary N) is 2. The summed E-state index contributed by atoms with van der Waals surface area (Å²) in [4.78, 5) is 25.7. The van der Waals surface area contributed by atoms with Crippen LogP contribution in [0.1, 0.15) is 0 Å². The van der Waals surface area contributed by atoms with Gasteiger partial charge in [-0.25, -0.2) is 9.97 Å². The molecule has 1 fully saturated rings. The van der Waals surface area contributed by atoms with Gasteiger partial charge in [0.05, 0.1) is 12.9 Å². The van der Waals surface area contributed by atoms with Gasteiger partial charge in [0.2, 0.25) is 5.28 Å². The van der Waals surface area contributed by atoms with Crippen LogP contribution in [0.4, 0.5) is 5.82 Å². The molecule has 0 aromatic carbocycles. The first-order valence-corrected chi connectivity index (χ1v) is 6.69. The molecule has 10 nitrogen and oxygen atoms in total. The quantitative estimate of drug-likeness (QED) is 0.411. The number of aromatic nitrogens is 4. The third kappa shape index (κ3) is 2.51. The molecule has 22 heavy (non-hydrogen) atoms. The minimum atomic E-state index is -1.30. The van der Waals surface area contributed by atoms with Gasteiger partial charge in [-0.3, -0.25) is 4.79 Å². The van der Waals surface area contributed by atoms with Crippen molar-refractivity contribution >= 4 is 28.5 Å². The Morgan fingerprint density at radius 1 is 1.32 bits per heavy atom. The molecule has 1 saturated heterocycles. The van der Waals surface area contributed by atoms with Crippen LogP contribution in [-0.4, -0.2) is 66.4 Å². The predicted molar refractivity (Wildman–Crippen MR) is 74.3 cm³/mol. The predicted octanol–water partition coefficient (Wildman–Crippen LogP) is -1.78. The van der Waals surface area contributed by atoms with E-state index in [2.05, 4.69) is 25.3 Å². The number of nitrogens with zero attached hydrogens (tertiary/aromatic N) is 3. The van der Waals surface area contributed by atoms with Crippen LogP contribution in [-0.2, 0) is 4.74 Å². The van der Waals surface area contributed by atoms with Crippen LogP contribution in [0.25, 0.3) is 11.0 Å². The molecule has 11 heteroatoms. The number of aliphatic hydroxyl groups excluding tert-OH is 3. The SMILES string of the molecule is O=c1[nH]cnc2c(N[C@@H]3O[C@H](CO)[C@@H](O)[C@H]3O)nc(Cl)nc12. The normalized spacial score (nSPS) is 28.2. The molecule has 1 aliphatic heterocycles. The van der Waals surface area contributed by atoms with Crippen molar-refractivity contribution in [3.05, 3.63) is 22.0 Å². The molecule has 0 spiro atoms. The Balaban J connectivity index is 1.98. The minimum Gasteiger partial charge on any atom is -0.394 e. The highest BCUT2D eigenvalue weighted by atomic mass is 35.5. The number of anilines is 1. The van der Waals surface area contributed by atoms with Crippen molar-refractivity contribution in [2.45, 2.75) is 24.5 Å². The topological polar surface area (TPSA) is 153 Å². The Bertz CT molecular complexity index is 755. The number of aliphatic hydroxyl groups is 3. The van der Waals surface area contributed by atoms with E-state index in [1.807, 2.05) is 0 Å². The van der Waals surface area contributed by atoms with Crippen molar-refractivity contribution in [3.63, 3.8) is 0 Å². The Morgan fingerprint density at radius 3 is 2.77 bits per heavy atom. The number of halogens is 1. The second-order valence-corrected chi connectivity index (χ2v) is 5.01. The van der Waals surface area contributed by atoms with E-state index in [9.17, 15) is 15.0 Å². The lowest BCUT2D eigenvalue weighted by Gasteiger charge is -2.17. The van der Waals surface area contributed by atoms with Crippen molar-refractivity contribution in [2.75, 3.05) is 11.9 Å². The number of H-pyrrole nitrogens is 1. The van der Waals surface area contributed by atoms with E-state index in [-0.39, 0.29) is 22.1 Å². The van der Waals surface area contributed by atoms with E-state index in [1.165, 1.54) is 6.33 Å². The van der Waals surface area contributed by atoms with Gasteiger partial charge in [-0.2, -0.15) is 4.98 Å². The maximum Gasteiger partial charge on any atom is 0.277 e. The van der Waals surface area contributed by atoms with Crippen molar-refractivity contribution in [1.82, 2.24) is 19.9 Å². The van der Waals surface area contributed by atoms with Crippen molar-refractivity contribution in [1.29, 1.82) is 0 Å². The summed E-state index contributed by atoms with van der Waals surface area (Å²) in [6.45, 7) is -0.459. The number of hydrogen-bond donors (Lipinski definition) is 5. The van der Waals surface area contributed by atoms with Gasteiger partial charge >= 0.3 is 0 Å². The number of aromatic amines is 1. The highest BCUT2D eigenvalue weighted by Crippen LogP contribution is 2.25. The lowest BCUT2D eigenvalue weighted by molar-refractivity contribution is -0.0153. The number of hydrogen-bond acceptors (Lipinski definition) is 9. The summed E-state index contributed by atoms with van der Waals surface area (Å²) >= 11 is 5.77. The van der Waals surface area contributed by atoms with E-state index < -0.39 is 36.7 Å². The van der Waals surface area contributed by atoms with Crippen LogP contribution < -0.4 is 10.9 Å². The van der Waals surface area contributed by atoms with Crippen molar-refractivity contribution in [2.24, 2.45) is 0 Å². The zero-order valence-corrected chi connectivity index (χ0v) is 11.7. The first kappa shape index (κ1) is 15.1. The molecule has 2 aromatic rings. The Hall–Kier alpha value is -1.85. The van der Waals surface area contributed by atoms with Gasteiger partial charge in [-0.05, 0) is 11.6 Å². The Kier molecular flexibility index (Phi) is 3.93. The molecule has 0 unspecified atom stereocenters. The van der Waals surface area contributed by atoms with Crippen LogP contribution >= 0.6 is 11.6 Å². The van der Waals surface area contributed by atoms with E-state index in [0.717, 1.165) is 0 Å². The maximum atomic E-state index is 11.7. The maximum absolute atomic E-state index is 11.7. The zero-order chi connectivity index (χ0) is 15.9. The fourth-order valence-corrected chi connectivity index (χ4v) is 2.36. The van der Waals surface area contributed by atoms with Gasteiger partial charge in [0.1, 0.15) is 23.8 Å². The smallest absolute Gasteiger partial charge is 0.277 e. The summed E-state index contributed by atoms with van der Waals surface area (Å²) in [6.07, 6.45) is -3.38. The Labute approximate surface area is 127 Å². The largest absolute Gasteiger partial charge is 0.394 e. The molecule has 0 saturated carbocycles. The van der Waals surface area contributed by atoms with Crippen molar-refractivity contribution < 1.29 is 20.1 Å². The molecule has 5 N–H and O–H groups in total. The highest BCUT2D eigenvalue weighted by molar-refractivity contribution is 6.28. The van der Waals surface area contributed by atoms with E-state index >= 15 is 0 Å². The molecule has 118 valence electrons.